The molecule has 0 aliphatic carbocycles. The third-order valence-corrected chi connectivity index (χ3v) is 3.40. The summed E-state index contributed by atoms with van der Waals surface area (Å²) < 4.78 is 6.93. The van der Waals surface area contributed by atoms with Gasteiger partial charge in [-0.1, -0.05) is 0 Å². The third kappa shape index (κ3) is 3.60. The van der Waals surface area contributed by atoms with Gasteiger partial charge in [0.15, 0.2) is 12.4 Å². The van der Waals surface area contributed by atoms with Crippen molar-refractivity contribution in [1.82, 2.24) is 9.47 Å². The van der Waals surface area contributed by atoms with E-state index in [2.05, 4.69) is 0 Å². The molecule has 2 rings (SSSR count). The Morgan fingerprint density at radius 1 is 1.35 bits per heavy atom. The van der Waals surface area contributed by atoms with Crippen LogP contribution >= 0.6 is 0 Å². The Balaban J connectivity index is 1.95. The van der Waals surface area contributed by atoms with Crippen molar-refractivity contribution in [3.8, 4) is 5.75 Å². The topological polar surface area (TPSA) is 77.6 Å². The number of ether oxygens (including phenoxy) is 1. The molecule has 0 aromatic carbocycles. The number of hydrogen-bond donors (Lipinski definition) is 1. The number of aryl methyl sites for hydroxylation is 1. The molecule has 1 saturated heterocycles. The minimum Gasteiger partial charge on any atom is -0.478 e. The summed E-state index contributed by atoms with van der Waals surface area (Å²) in [5, 5.41) is 0. The van der Waals surface area contributed by atoms with E-state index >= 15 is 0 Å². The molecule has 1 amide bonds. The van der Waals surface area contributed by atoms with Gasteiger partial charge in [0, 0.05) is 25.8 Å². The zero-order valence-electron chi connectivity index (χ0n) is 11.6. The van der Waals surface area contributed by atoms with Crippen LogP contribution in [0.25, 0.3) is 0 Å². The Labute approximate surface area is 118 Å². The first-order chi connectivity index (χ1) is 9.72. The Bertz CT molecular complexity index is 507. The molecule has 0 unspecified atom stereocenters. The first-order valence-electron chi connectivity index (χ1n) is 7.02. The highest BCUT2D eigenvalue weighted by atomic mass is 16.5. The lowest BCUT2D eigenvalue weighted by atomic mass is 10.4. The van der Waals surface area contributed by atoms with Crippen molar-refractivity contribution >= 4 is 5.91 Å². The summed E-state index contributed by atoms with van der Waals surface area (Å²) in [5.74, 6) is 0.163. The molecule has 20 heavy (non-hydrogen) atoms. The number of likely N-dealkylation sites (tertiary alicyclic amines) is 1. The van der Waals surface area contributed by atoms with Crippen molar-refractivity contribution in [2.24, 2.45) is 5.73 Å². The lowest BCUT2D eigenvalue weighted by Crippen LogP contribution is -2.33. The molecule has 6 nitrogen and oxygen atoms in total. The lowest BCUT2D eigenvalue weighted by Gasteiger charge is -2.15. The van der Waals surface area contributed by atoms with Crippen LogP contribution in [0.4, 0.5) is 0 Å². The first kappa shape index (κ1) is 14.6. The van der Waals surface area contributed by atoms with E-state index in [0.29, 0.717) is 13.1 Å². The van der Waals surface area contributed by atoms with Gasteiger partial charge in [-0.2, -0.15) is 0 Å². The summed E-state index contributed by atoms with van der Waals surface area (Å²) in [4.78, 5) is 25.7. The number of rotatable bonds is 6. The van der Waals surface area contributed by atoms with Crippen molar-refractivity contribution in [1.29, 1.82) is 0 Å². The number of aromatic nitrogens is 1. The van der Waals surface area contributed by atoms with Crippen LogP contribution in [0.15, 0.2) is 23.1 Å². The van der Waals surface area contributed by atoms with E-state index in [1.54, 1.807) is 27.8 Å². The van der Waals surface area contributed by atoms with Gasteiger partial charge in [0.25, 0.3) is 11.5 Å². The van der Waals surface area contributed by atoms with Crippen molar-refractivity contribution in [3.05, 3.63) is 28.7 Å². The quantitative estimate of drug-likeness (QED) is 0.807. The van der Waals surface area contributed by atoms with Crippen LogP contribution in [0.5, 0.6) is 5.75 Å². The Kier molecular flexibility index (Phi) is 5.17. The largest absolute Gasteiger partial charge is 0.478 e. The van der Waals surface area contributed by atoms with E-state index in [1.165, 1.54) is 0 Å². The van der Waals surface area contributed by atoms with E-state index in [4.69, 9.17) is 10.5 Å². The number of carbonyl (C=O) groups excluding carboxylic acids is 1. The molecule has 110 valence electrons. The van der Waals surface area contributed by atoms with E-state index < -0.39 is 0 Å². The fourth-order valence-electron chi connectivity index (χ4n) is 2.26. The van der Waals surface area contributed by atoms with Gasteiger partial charge >= 0.3 is 0 Å². The second-order valence-corrected chi connectivity index (χ2v) is 4.89. The smallest absolute Gasteiger partial charge is 0.292 e. The maximum absolute atomic E-state index is 12.1. The summed E-state index contributed by atoms with van der Waals surface area (Å²) in [5.41, 5.74) is 5.22. The van der Waals surface area contributed by atoms with Crippen molar-refractivity contribution in [2.45, 2.75) is 25.8 Å². The molecular weight excluding hydrogens is 258 g/mol. The minimum atomic E-state index is -0.213. The summed E-state index contributed by atoms with van der Waals surface area (Å²) in [6.07, 6.45) is 4.52. The van der Waals surface area contributed by atoms with Gasteiger partial charge in [-0.05, 0) is 37.9 Å². The van der Waals surface area contributed by atoms with Crippen molar-refractivity contribution in [2.75, 3.05) is 26.2 Å². The standard InChI is InChI=1S/C14H21N3O3/c15-6-4-10-17-9-3-5-12(14(17)19)20-11-13(18)16-7-1-2-8-16/h3,5,9H,1-2,4,6-8,10-11,15H2. The number of carbonyl (C=O) groups is 1. The number of nitrogens with two attached hydrogens (primary N) is 1. The predicted molar refractivity (Wildman–Crippen MR) is 75.7 cm³/mol. The van der Waals surface area contributed by atoms with Gasteiger partial charge in [-0.25, -0.2) is 0 Å². The van der Waals surface area contributed by atoms with Crippen LogP contribution in [0.3, 0.4) is 0 Å². The second-order valence-electron chi connectivity index (χ2n) is 4.89. The molecule has 0 saturated carbocycles. The van der Waals surface area contributed by atoms with Crippen LogP contribution in [0.2, 0.25) is 0 Å². The SMILES string of the molecule is NCCCn1cccc(OCC(=O)N2CCCC2)c1=O. The summed E-state index contributed by atoms with van der Waals surface area (Å²) in [7, 11) is 0. The number of amides is 1. The van der Waals surface area contributed by atoms with E-state index in [9.17, 15) is 9.59 Å². The van der Waals surface area contributed by atoms with Crippen LogP contribution in [-0.2, 0) is 11.3 Å². The molecule has 0 spiro atoms. The average Bonchev–Trinajstić information content (AvgIpc) is 2.99. The van der Waals surface area contributed by atoms with Gasteiger partial charge in [0.05, 0.1) is 0 Å². The Hall–Kier alpha value is -1.82. The monoisotopic (exact) mass is 279 g/mol. The molecule has 2 N–H and O–H groups in total. The van der Waals surface area contributed by atoms with Gasteiger partial charge in [-0.3, -0.25) is 9.59 Å². The molecule has 2 heterocycles. The maximum atomic E-state index is 12.1. The van der Waals surface area contributed by atoms with Crippen LogP contribution < -0.4 is 16.0 Å². The lowest BCUT2D eigenvalue weighted by molar-refractivity contribution is -0.132. The highest BCUT2D eigenvalue weighted by Crippen LogP contribution is 2.08. The van der Waals surface area contributed by atoms with Gasteiger partial charge in [0.1, 0.15) is 0 Å². The van der Waals surface area contributed by atoms with Gasteiger partial charge < -0.3 is 19.9 Å². The molecule has 1 aliphatic heterocycles. The van der Waals surface area contributed by atoms with E-state index in [1.807, 2.05) is 0 Å². The molecule has 1 aromatic rings. The normalized spacial score (nSPS) is 14.6. The summed E-state index contributed by atoms with van der Waals surface area (Å²) in [6.45, 7) is 2.60. The molecule has 1 aliphatic rings. The minimum absolute atomic E-state index is 0.0562. The molecule has 1 fully saturated rings. The zero-order chi connectivity index (χ0) is 14.4. The predicted octanol–water partition coefficient (Wildman–Crippen LogP) is 0.198. The average molecular weight is 279 g/mol. The first-order valence-corrected chi connectivity index (χ1v) is 7.02. The molecular formula is C14H21N3O3. The molecule has 6 heteroatoms. The van der Waals surface area contributed by atoms with Gasteiger partial charge in [-0.15, -0.1) is 0 Å². The highest BCUT2D eigenvalue weighted by molar-refractivity contribution is 5.77. The summed E-state index contributed by atoms with van der Waals surface area (Å²) >= 11 is 0. The molecule has 0 radical (unpaired) electrons. The van der Waals surface area contributed by atoms with Crippen LogP contribution in [0, 0.1) is 0 Å². The van der Waals surface area contributed by atoms with Crippen LogP contribution in [-0.4, -0.2) is 41.6 Å². The van der Waals surface area contributed by atoms with E-state index in [0.717, 1.165) is 32.4 Å². The zero-order valence-corrected chi connectivity index (χ0v) is 11.6. The third-order valence-electron chi connectivity index (χ3n) is 3.40. The Morgan fingerprint density at radius 3 is 2.80 bits per heavy atom. The highest BCUT2D eigenvalue weighted by Gasteiger charge is 2.18. The fourth-order valence-corrected chi connectivity index (χ4v) is 2.26. The molecule has 0 bridgehead atoms. The molecule has 1 aromatic heterocycles. The fraction of sp³-hybridized carbons (Fsp3) is 0.571. The van der Waals surface area contributed by atoms with Gasteiger partial charge in [0.2, 0.25) is 0 Å². The van der Waals surface area contributed by atoms with E-state index in [-0.39, 0.29) is 23.8 Å². The number of hydrogen-bond acceptors (Lipinski definition) is 4. The van der Waals surface area contributed by atoms with Crippen LogP contribution in [0.1, 0.15) is 19.3 Å². The maximum Gasteiger partial charge on any atom is 0.292 e. The number of pyridine rings is 1. The van der Waals surface area contributed by atoms with Crippen molar-refractivity contribution < 1.29 is 9.53 Å². The summed E-state index contributed by atoms with van der Waals surface area (Å²) in [6, 6.07) is 3.34. The Morgan fingerprint density at radius 2 is 2.10 bits per heavy atom. The van der Waals surface area contributed by atoms with Crippen molar-refractivity contribution in [3.63, 3.8) is 0 Å². The number of nitrogens with zero attached hydrogens (tertiary/aromatic N) is 2. The second kappa shape index (κ2) is 7.09. The molecule has 0 atom stereocenters.